The molecule has 0 fully saturated rings. The van der Waals surface area contributed by atoms with E-state index < -0.39 is 47.9 Å². The molecule has 0 saturated heterocycles. The van der Waals surface area contributed by atoms with Gasteiger partial charge in [-0.25, -0.2) is 4.79 Å². The van der Waals surface area contributed by atoms with Gasteiger partial charge in [-0.05, 0) is 35.6 Å². The van der Waals surface area contributed by atoms with E-state index in [1.165, 1.54) is 0 Å². The largest absolute Gasteiger partial charge is 0.480 e. The highest BCUT2D eigenvalue weighted by molar-refractivity contribution is 5.94. The number of benzene rings is 3. The third kappa shape index (κ3) is 10.4. The Bertz CT molecular complexity index is 1710. The minimum absolute atomic E-state index is 0.0187. The molecule has 0 bridgehead atoms. The van der Waals surface area contributed by atoms with Crippen LogP contribution in [-0.4, -0.2) is 70.5 Å². The van der Waals surface area contributed by atoms with Gasteiger partial charge in [0.15, 0.2) is 5.96 Å². The first-order valence-electron chi connectivity index (χ1n) is 15.7. The Morgan fingerprint density at radius 3 is 1.79 bits per heavy atom. The zero-order valence-electron chi connectivity index (χ0n) is 26.5. The van der Waals surface area contributed by atoms with Crippen LogP contribution < -0.4 is 33.2 Å². The van der Waals surface area contributed by atoms with Crippen LogP contribution >= 0.6 is 0 Å². The van der Waals surface area contributed by atoms with E-state index in [0.29, 0.717) is 13.0 Å². The minimum Gasteiger partial charge on any atom is -0.480 e. The van der Waals surface area contributed by atoms with Crippen LogP contribution in [0.4, 0.5) is 0 Å². The van der Waals surface area contributed by atoms with Crippen molar-refractivity contribution >= 4 is 40.6 Å². The number of carbonyl (C=O) groups is 4. The highest BCUT2D eigenvalue weighted by Crippen LogP contribution is 2.19. The number of guanidine groups is 1. The fourth-order valence-corrected chi connectivity index (χ4v) is 5.31. The number of nitrogens with one attached hydrogen (secondary N) is 4. The number of nitrogens with zero attached hydrogens (tertiary/aromatic N) is 1. The van der Waals surface area contributed by atoms with Gasteiger partial charge in [0.05, 0.1) is 6.04 Å². The molecule has 4 atom stereocenters. The molecule has 3 amide bonds. The third-order valence-corrected chi connectivity index (χ3v) is 7.85. The fourth-order valence-electron chi connectivity index (χ4n) is 5.31. The number of aromatic nitrogens is 1. The molecule has 0 saturated carbocycles. The molecule has 11 N–H and O–H groups in total. The highest BCUT2D eigenvalue weighted by Gasteiger charge is 2.31. The van der Waals surface area contributed by atoms with Gasteiger partial charge in [-0.15, -0.1) is 0 Å². The van der Waals surface area contributed by atoms with Crippen LogP contribution in [-0.2, 0) is 38.4 Å². The molecule has 1 heterocycles. The number of rotatable bonds is 17. The Balaban J connectivity index is 1.53. The van der Waals surface area contributed by atoms with Gasteiger partial charge in [0.25, 0.3) is 0 Å². The number of amides is 3. The maximum atomic E-state index is 13.9. The summed E-state index contributed by atoms with van der Waals surface area (Å²) in [5, 5.41) is 19.1. The van der Waals surface area contributed by atoms with Gasteiger partial charge in [0.2, 0.25) is 17.7 Å². The summed E-state index contributed by atoms with van der Waals surface area (Å²) in [5.74, 6) is -3.14. The summed E-state index contributed by atoms with van der Waals surface area (Å²) in [5.41, 5.74) is 19.9. The maximum absolute atomic E-state index is 13.9. The van der Waals surface area contributed by atoms with E-state index in [1.54, 1.807) is 30.5 Å². The Hall–Kier alpha value is -5.69. The molecular weight excluding hydrogens is 612 g/mol. The van der Waals surface area contributed by atoms with Crippen LogP contribution in [0.2, 0.25) is 0 Å². The third-order valence-electron chi connectivity index (χ3n) is 7.85. The number of hydrogen-bond donors (Lipinski definition) is 8. The molecular formula is C35H42N8O5. The van der Waals surface area contributed by atoms with Crippen molar-refractivity contribution in [3.63, 3.8) is 0 Å². The average molecular weight is 655 g/mol. The molecule has 0 aliphatic heterocycles. The molecule has 0 unspecified atom stereocenters. The molecule has 0 radical (unpaired) electrons. The summed E-state index contributed by atoms with van der Waals surface area (Å²) in [4.78, 5) is 60.1. The number of carbonyl (C=O) groups excluding carboxylic acids is 3. The van der Waals surface area contributed by atoms with E-state index in [-0.39, 0.29) is 31.6 Å². The summed E-state index contributed by atoms with van der Waals surface area (Å²) >= 11 is 0. The first-order chi connectivity index (χ1) is 23.1. The predicted molar refractivity (Wildman–Crippen MR) is 184 cm³/mol. The summed E-state index contributed by atoms with van der Waals surface area (Å²) in [6.45, 7) is 0.297. The molecule has 252 valence electrons. The number of aliphatic carboxylic acids is 1. The topological polar surface area (TPSA) is 231 Å². The zero-order valence-corrected chi connectivity index (χ0v) is 26.5. The van der Waals surface area contributed by atoms with Crippen LogP contribution in [0, 0.1) is 0 Å². The van der Waals surface area contributed by atoms with E-state index in [4.69, 9.17) is 17.2 Å². The number of para-hydroxylation sites is 1. The number of carboxylic acids is 1. The molecule has 13 heteroatoms. The second-order valence-corrected chi connectivity index (χ2v) is 11.5. The number of nitrogens with two attached hydrogens (primary N) is 3. The minimum atomic E-state index is -1.27. The normalized spacial score (nSPS) is 13.4. The number of hydrogen-bond acceptors (Lipinski definition) is 6. The second kappa shape index (κ2) is 17.3. The van der Waals surface area contributed by atoms with Crippen LogP contribution in [0.5, 0.6) is 0 Å². The van der Waals surface area contributed by atoms with Crippen molar-refractivity contribution in [1.29, 1.82) is 0 Å². The van der Waals surface area contributed by atoms with Crippen LogP contribution in [0.3, 0.4) is 0 Å². The molecule has 1 aromatic heterocycles. The molecule has 48 heavy (non-hydrogen) atoms. The van der Waals surface area contributed by atoms with Gasteiger partial charge in [-0.2, -0.15) is 0 Å². The lowest BCUT2D eigenvalue weighted by atomic mass is 10.0. The number of H-pyrrole nitrogens is 1. The summed E-state index contributed by atoms with van der Waals surface area (Å²) in [6, 6.07) is 21.1. The molecule has 0 aliphatic carbocycles. The van der Waals surface area contributed by atoms with Crippen molar-refractivity contribution < 1.29 is 24.3 Å². The second-order valence-electron chi connectivity index (χ2n) is 11.5. The number of aliphatic imine (C=N–C) groups is 1. The summed E-state index contributed by atoms with van der Waals surface area (Å²) in [7, 11) is 0. The smallest absolute Gasteiger partial charge is 0.326 e. The van der Waals surface area contributed by atoms with Gasteiger partial charge >= 0.3 is 5.97 Å². The number of fused-ring (bicyclic) bond motifs is 1. The van der Waals surface area contributed by atoms with Crippen molar-refractivity contribution in [2.24, 2.45) is 22.2 Å². The van der Waals surface area contributed by atoms with E-state index in [1.807, 2.05) is 60.7 Å². The van der Waals surface area contributed by atoms with E-state index >= 15 is 0 Å². The van der Waals surface area contributed by atoms with E-state index in [9.17, 15) is 24.3 Å². The Kier molecular flexibility index (Phi) is 12.7. The number of carboxylic acid groups (broad SMARTS) is 1. The quantitative estimate of drug-likeness (QED) is 0.0466. The van der Waals surface area contributed by atoms with Crippen molar-refractivity contribution in [1.82, 2.24) is 20.9 Å². The SMILES string of the molecule is NC(N)=NCCC[C@H](N)C(=O)N[C@@H](Cc1ccccc1)C(=O)N[C@@H](Cc1ccccc1)C(=O)N[C@@H](Cc1c[nH]c2ccccc12)C(=O)O. The summed E-state index contributed by atoms with van der Waals surface area (Å²) in [6.07, 6.45) is 2.66. The first kappa shape index (κ1) is 35.2. The molecule has 4 aromatic rings. The number of aromatic amines is 1. The Labute approximate surface area is 278 Å². The standard InChI is InChI=1S/C35H42N8O5/c36-26(15-9-17-39-35(37)38)31(44)41-28(18-22-10-3-1-4-11-22)32(45)42-29(19-23-12-5-2-6-13-23)33(46)43-30(34(47)48)20-24-21-40-27-16-8-7-14-25(24)27/h1-8,10-14,16,21,26,28-30,40H,9,15,17-20,36H2,(H,41,44)(H,42,45)(H,43,46)(H,47,48)(H4,37,38,39)/t26-,28-,29-,30-/m0/s1. The van der Waals surface area contributed by atoms with Crippen LogP contribution in [0.25, 0.3) is 10.9 Å². The van der Waals surface area contributed by atoms with Crippen molar-refractivity contribution in [3.05, 3.63) is 108 Å². The lowest BCUT2D eigenvalue weighted by Crippen LogP contribution is -2.58. The molecule has 3 aromatic carbocycles. The van der Waals surface area contributed by atoms with Crippen molar-refractivity contribution in [2.75, 3.05) is 6.54 Å². The maximum Gasteiger partial charge on any atom is 0.326 e. The molecule has 0 aliphatic rings. The van der Waals surface area contributed by atoms with Gasteiger partial charge < -0.3 is 43.2 Å². The zero-order chi connectivity index (χ0) is 34.5. The Morgan fingerprint density at radius 1 is 0.708 bits per heavy atom. The monoisotopic (exact) mass is 654 g/mol. The predicted octanol–water partition coefficient (Wildman–Crippen LogP) is 1.12. The van der Waals surface area contributed by atoms with Crippen LogP contribution in [0.1, 0.15) is 29.5 Å². The van der Waals surface area contributed by atoms with Gasteiger partial charge in [-0.1, -0.05) is 78.9 Å². The molecule has 13 nitrogen and oxygen atoms in total. The van der Waals surface area contributed by atoms with Crippen molar-refractivity contribution in [2.45, 2.75) is 56.3 Å². The average Bonchev–Trinajstić information content (AvgIpc) is 3.49. The Morgan fingerprint density at radius 2 is 1.23 bits per heavy atom. The lowest BCUT2D eigenvalue weighted by molar-refractivity contribution is -0.142. The lowest BCUT2D eigenvalue weighted by Gasteiger charge is -2.25. The van der Waals surface area contributed by atoms with Gasteiger partial charge in [-0.3, -0.25) is 19.4 Å². The first-order valence-corrected chi connectivity index (χ1v) is 15.7. The van der Waals surface area contributed by atoms with E-state index in [2.05, 4.69) is 25.9 Å². The van der Waals surface area contributed by atoms with Gasteiger partial charge in [0, 0.05) is 42.9 Å². The molecule has 4 rings (SSSR count). The van der Waals surface area contributed by atoms with Crippen LogP contribution in [0.15, 0.2) is 96.1 Å². The van der Waals surface area contributed by atoms with Gasteiger partial charge in [0.1, 0.15) is 18.1 Å². The summed E-state index contributed by atoms with van der Waals surface area (Å²) < 4.78 is 0. The van der Waals surface area contributed by atoms with Crippen molar-refractivity contribution in [3.8, 4) is 0 Å². The molecule has 0 spiro atoms. The van der Waals surface area contributed by atoms with E-state index in [0.717, 1.165) is 27.6 Å². The fraction of sp³-hybridized carbons (Fsp3) is 0.286. The highest BCUT2D eigenvalue weighted by atomic mass is 16.4.